The third-order valence-corrected chi connectivity index (χ3v) is 6.92. The monoisotopic (exact) mass is 461 g/mol. The van der Waals surface area contributed by atoms with E-state index in [0.717, 1.165) is 29.3 Å². The molecule has 1 aromatic rings. The Balaban J connectivity index is 1.79. The van der Waals surface area contributed by atoms with Gasteiger partial charge in [0.25, 0.3) is 0 Å². The molecule has 148 valence electrons. The summed E-state index contributed by atoms with van der Waals surface area (Å²) >= 11 is 4.72. The number of carbonyl (C=O) groups is 2. The Bertz CT molecular complexity index is 838. The van der Waals surface area contributed by atoms with E-state index in [1.54, 1.807) is 0 Å². The lowest BCUT2D eigenvalue weighted by Gasteiger charge is -2.39. The van der Waals surface area contributed by atoms with Crippen LogP contribution in [0.1, 0.15) is 51.0 Å². The minimum absolute atomic E-state index is 0.0633. The third kappa shape index (κ3) is 4.61. The standard InChI is InChI=1S/C21H24BrN3O2S/c1-13-5-3-6-14(2)25(13)20(27)12-28-21-18(11-23)17(10-19(26)24-21)15-7-4-8-16(22)9-15/h4,7-9,13-14,17H,3,5-6,10,12H2,1-2H3,(H,24,26)/t13-,14-,17+/m1/s1. The van der Waals surface area contributed by atoms with Gasteiger partial charge in [0.15, 0.2) is 0 Å². The average molecular weight is 462 g/mol. The summed E-state index contributed by atoms with van der Waals surface area (Å²) < 4.78 is 0.908. The van der Waals surface area contributed by atoms with E-state index in [4.69, 9.17) is 0 Å². The number of likely N-dealkylation sites (tertiary alicyclic amines) is 1. The first-order valence-corrected chi connectivity index (χ1v) is 11.3. The van der Waals surface area contributed by atoms with Gasteiger partial charge in [0.05, 0.1) is 22.4 Å². The second kappa shape index (κ2) is 9.15. The second-order valence-corrected chi connectivity index (χ2v) is 9.33. The van der Waals surface area contributed by atoms with E-state index in [-0.39, 0.29) is 42.0 Å². The highest BCUT2D eigenvalue weighted by Crippen LogP contribution is 2.37. The Kier molecular flexibility index (Phi) is 6.84. The minimum Gasteiger partial charge on any atom is -0.337 e. The van der Waals surface area contributed by atoms with Gasteiger partial charge in [-0.1, -0.05) is 39.8 Å². The Labute approximate surface area is 178 Å². The Morgan fingerprint density at radius 2 is 2.07 bits per heavy atom. The summed E-state index contributed by atoms with van der Waals surface area (Å²) in [7, 11) is 0. The summed E-state index contributed by atoms with van der Waals surface area (Å²) in [6.45, 7) is 4.17. The number of thioether (sulfide) groups is 1. The first-order valence-electron chi connectivity index (χ1n) is 9.54. The van der Waals surface area contributed by atoms with E-state index in [1.165, 1.54) is 11.8 Å². The van der Waals surface area contributed by atoms with E-state index in [2.05, 4.69) is 41.2 Å². The number of benzene rings is 1. The molecule has 28 heavy (non-hydrogen) atoms. The fraction of sp³-hybridized carbons (Fsp3) is 0.476. The lowest BCUT2D eigenvalue weighted by atomic mass is 9.87. The molecule has 1 saturated heterocycles. The summed E-state index contributed by atoms with van der Waals surface area (Å²) in [4.78, 5) is 27.1. The zero-order valence-electron chi connectivity index (χ0n) is 16.1. The van der Waals surface area contributed by atoms with Gasteiger partial charge in [-0.25, -0.2) is 0 Å². The lowest BCUT2D eigenvalue weighted by Crippen LogP contribution is -2.48. The van der Waals surface area contributed by atoms with E-state index in [1.807, 2.05) is 29.2 Å². The van der Waals surface area contributed by atoms with Crippen molar-refractivity contribution in [2.75, 3.05) is 5.75 Å². The van der Waals surface area contributed by atoms with Crippen molar-refractivity contribution in [3.63, 3.8) is 0 Å². The molecule has 0 radical (unpaired) electrons. The van der Waals surface area contributed by atoms with Gasteiger partial charge in [0.1, 0.15) is 0 Å². The molecule has 3 atom stereocenters. The maximum Gasteiger partial charge on any atom is 0.233 e. The van der Waals surface area contributed by atoms with Crippen molar-refractivity contribution in [2.45, 2.75) is 57.5 Å². The van der Waals surface area contributed by atoms with E-state index < -0.39 is 0 Å². The predicted molar refractivity (Wildman–Crippen MR) is 114 cm³/mol. The number of amides is 2. The van der Waals surface area contributed by atoms with Gasteiger partial charge in [-0.15, -0.1) is 0 Å². The van der Waals surface area contributed by atoms with Gasteiger partial charge in [-0.3, -0.25) is 9.59 Å². The molecule has 1 fully saturated rings. The van der Waals surface area contributed by atoms with Crippen molar-refractivity contribution in [1.29, 1.82) is 5.26 Å². The summed E-state index contributed by atoms with van der Waals surface area (Å²) in [5.74, 6) is -0.130. The van der Waals surface area contributed by atoms with E-state index in [9.17, 15) is 14.9 Å². The molecule has 1 N–H and O–H groups in total. The summed E-state index contributed by atoms with van der Waals surface area (Å²) in [6.07, 6.45) is 3.42. The van der Waals surface area contributed by atoms with Crippen molar-refractivity contribution in [3.05, 3.63) is 44.9 Å². The maximum atomic E-state index is 12.8. The van der Waals surface area contributed by atoms with Crippen molar-refractivity contribution >= 4 is 39.5 Å². The highest BCUT2D eigenvalue weighted by molar-refractivity contribution is 9.10. The molecular formula is C21H24BrN3O2S. The quantitative estimate of drug-likeness (QED) is 0.724. The first kappa shape index (κ1) is 20.9. The summed E-state index contributed by atoms with van der Waals surface area (Å²) in [5.41, 5.74) is 1.44. The number of hydrogen-bond donors (Lipinski definition) is 1. The number of piperidine rings is 1. The molecule has 0 unspecified atom stereocenters. The van der Waals surface area contributed by atoms with Gasteiger partial charge < -0.3 is 10.2 Å². The van der Waals surface area contributed by atoms with Crippen LogP contribution in [0, 0.1) is 11.3 Å². The number of hydrogen-bond acceptors (Lipinski definition) is 4. The summed E-state index contributed by atoms with van der Waals surface area (Å²) in [5, 5.41) is 13.1. The van der Waals surface area contributed by atoms with Crippen LogP contribution in [-0.2, 0) is 9.59 Å². The number of halogens is 1. The van der Waals surface area contributed by atoms with Gasteiger partial charge in [-0.05, 0) is 50.8 Å². The number of rotatable bonds is 4. The maximum absolute atomic E-state index is 12.8. The van der Waals surface area contributed by atoms with Crippen LogP contribution >= 0.6 is 27.7 Å². The average Bonchev–Trinajstić information content (AvgIpc) is 2.65. The fourth-order valence-electron chi connectivity index (χ4n) is 4.06. The number of carbonyl (C=O) groups excluding carboxylic acids is 2. The van der Waals surface area contributed by atoms with Crippen LogP contribution in [0.3, 0.4) is 0 Å². The van der Waals surface area contributed by atoms with Crippen LogP contribution < -0.4 is 5.32 Å². The SMILES string of the molecule is C[C@@H]1CCC[C@@H](C)N1C(=O)CSC1=C(C#N)[C@H](c2cccc(Br)c2)CC(=O)N1. The predicted octanol–water partition coefficient (Wildman–Crippen LogP) is 4.31. The molecule has 2 aliphatic rings. The van der Waals surface area contributed by atoms with Crippen molar-refractivity contribution in [2.24, 2.45) is 0 Å². The topological polar surface area (TPSA) is 73.2 Å². The van der Waals surface area contributed by atoms with Crippen molar-refractivity contribution in [1.82, 2.24) is 10.2 Å². The van der Waals surface area contributed by atoms with Crippen LogP contribution in [0.5, 0.6) is 0 Å². The Hall–Kier alpha value is -1.78. The van der Waals surface area contributed by atoms with Gasteiger partial charge in [0, 0.05) is 28.9 Å². The smallest absolute Gasteiger partial charge is 0.233 e. The van der Waals surface area contributed by atoms with Crippen LogP contribution in [0.25, 0.3) is 0 Å². The van der Waals surface area contributed by atoms with Crippen molar-refractivity contribution < 1.29 is 9.59 Å². The lowest BCUT2D eigenvalue weighted by molar-refractivity contribution is -0.134. The molecule has 5 nitrogen and oxygen atoms in total. The molecule has 0 aliphatic carbocycles. The normalized spacial score (nSPS) is 25.3. The Morgan fingerprint density at radius 1 is 1.36 bits per heavy atom. The molecular weight excluding hydrogens is 438 g/mol. The zero-order chi connectivity index (χ0) is 20.3. The van der Waals surface area contributed by atoms with Crippen LogP contribution in [0.2, 0.25) is 0 Å². The molecule has 0 aromatic heterocycles. The van der Waals surface area contributed by atoms with Gasteiger partial charge >= 0.3 is 0 Å². The largest absolute Gasteiger partial charge is 0.337 e. The van der Waals surface area contributed by atoms with E-state index >= 15 is 0 Å². The molecule has 7 heteroatoms. The number of nitriles is 1. The zero-order valence-corrected chi connectivity index (χ0v) is 18.5. The van der Waals surface area contributed by atoms with E-state index in [0.29, 0.717) is 10.6 Å². The minimum atomic E-state index is -0.290. The molecule has 2 heterocycles. The molecule has 0 bridgehead atoms. The fourth-order valence-corrected chi connectivity index (χ4v) is 5.43. The molecule has 2 aliphatic heterocycles. The van der Waals surface area contributed by atoms with Gasteiger partial charge in [-0.2, -0.15) is 5.26 Å². The molecule has 1 aromatic carbocycles. The molecule has 0 saturated carbocycles. The number of nitrogens with zero attached hydrogens (tertiary/aromatic N) is 2. The Morgan fingerprint density at radius 3 is 2.71 bits per heavy atom. The molecule has 0 spiro atoms. The summed E-state index contributed by atoms with van der Waals surface area (Å²) in [6, 6.07) is 10.4. The van der Waals surface area contributed by atoms with Crippen molar-refractivity contribution in [3.8, 4) is 6.07 Å². The number of allylic oxidation sites excluding steroid dienone is 1. The first-order chi connectivity index (χ1) is 13.4. The van der Waals surface area contributed by atoms with Crippen LogP contribution in [-0.4, -0.2) is 34.6 Å². The molecule has 2 amide bonds. The highest BCUT2D eigenvalue weighted by atomic mass is 79.9. The highest BCUT2D eigenvalue weighted by Gasteiger charge is 2.32. The van der Waals surface area contributed by atoms with Crippen LogP contribution in [0.15, 0.2) is 39.3 Å². The third-order valence-electron chi connectivity index (χ3n) is 5.43. The van der Waals surface area contributed by atoms with Crippen LogP contribution in [0.4, 0.5) is 0 Å². The molecule has 3 rings (SSSR count). The second-order valence-electron chi connectivity index (χ2n) is 7.43. The van der Waals surface area contributed by atoms with Gasteiger partial charge in [0.2, 0.25) is 11.8 Å². The number of nitrogens with one attached hydrogen (secondary N) is 1.